The summed E-state index contributed by atoms with van der Waals surface area (Å²) in [6.45, 7) is 5.25. The molecule has 0 heterocycles. The number of hydrogen-bond donors (Lipinski definition) is 0. The van der Waals surface area contributed by atoms with E-state index in [1.54, 1.807) is 0 Å². The van der Waals surface area contributed by atoms with Crippen LogP contribution in [0.3, 0.4) is 0 Å². The summed E-state index contributed by atoms with van der Waals surface area (Å²) in [7, 11) is -8.78. The molecule has 0 aromatic heterocycles. The third kappa shape index (κ3) is 5.36. The third-order valence-electron chi connectivity index (χ3n) is 3.39. The Balaban J connectivity index is 4.28. The molecule has 0 aliphatic heterocycles. The van der Waals surface area contributed by atoms with Crippen LogP contribution in [-0.4, -0.2) is 36.3 Å². The quantitative estimate of drug-likeness (QED) is 0.186. The van der Waals surface area contributed by atoms with Crippen LogP contribution in [0.15, 0.2) is 8.95 Å². The molecule has 0 atom stereocenters. The maximum Gasteiger partial charge on any atom is 0.375 e. The summed E-state index contributed by atoms with van der Waals surface area (Å²) < 4.78 is 46.4. The van der Waals surface area contributed by atoms with E-state index in [0.29, 0.717) is 0 Å². The molecule has 0 amide bonds. The number of nitro benzene ring substituents is 2. The molecule has 16 heteroatoms. The van der Waals surface area contributed by atoms with E-state index >= 15 is 0 Å². The smallest absolute Gasteiger partial charge is 0.305 e. The van der Waals surface area contributed by atoms with Gasteiger partial charge in [-0.15, -0.1) is 0 Å². The van der Waals surface area contributed by atoms with Gasteiger partial charge in [-0.25, -0.2) is 0 Å². The molecule has 12 nitrogen and oxygen atoms in total. The van der Waals surface area contributed by atoms with Crippen molar-refractivity contribution in [3.8, 4) is 0 Å². The van der Waals surface area contributed by atoms with Gasteiger partial charge in [0.2, 0.25) is 5.30 Å². The number of hydrogen-bond acceptors (Lipinski definition) is 10. The summed E-state index contributed by atoms with van der Waals surface area (Å²) in [5.74, 6) is 0. The van der Waals surface area contributed by atoms with E-state index in [1.807, 2.05) is 0 Å². The van der Waals surface area contributed by atoms with Crippen molar-refractivity contribution in [2.24, 2.45) is 0 Å². The van der Waals surface area contributed by atoms with E-state index < -0.39 is 56.0 Å². The van der Waals surface area contributed by atoms with Crippen molar-refractivity contribution in [2.75, 3.05) is 26.4 Å². The van der Waals surface area contributed by atoms with E-state index in [-0.39, 0.29) is 26.4 Å². The lowest BCUT2D eigenvalue weighted by Gasteiger charge is -2.22. The van der Waals surface area contributed by atoms with Gasteiger partial charge in [-0.2, -0.15) is 0 Å². The van der Waals surface area contributed by atoms with Crippen LogP contribution in [0.5, 0.6) is 0 Å². The fraction of sp³-hybridized carbons (Fsp3) is 0.571. The average molecular weight is 598 g/mol. The Bertz CT molecular complexity index is 865. The normalized spacial score (nSPS) is 12.2. The summed E-state index contributed by atoms with van der Waals surface area (Å²) in [4.78, 5) is 21.8. The molecule has 0 saturated carbocycles. The lowest BCUT2D eigenvalue weighted by molar-refractivity contribution is -0.392. The molecule has 0 bridgehead atoms. The second-order valence-electron chi connectivity index (χ2n) is 5.20. The van der Waals surface area contributed by atoms with Crippen LogP contribution in [0.4, 0.5) is 11.4 Å². The van der Waals surface area contributed by atoms with Gasteiger partial charge in [0.15, 0.2) is 0 Å². The first-order valence-corrected chi connectivity index (χ1v) is 13.3. The van der Waals surface area contributed by atoms with Crippen molar-refractivity contribution in [2.45, 2.75) is 27.7 Å². The summed E-state index contributed by atoms with van der Waals surface area (Å²) in [6.07, 6.45) is 0. The average Bonchev–Trinajstić information content (AvgIpc) is 2.61. The standard InChI is InChI=1S/C14H20Br2N2O10P2/c1-5-25-29(23,26-6-2)13-9(15)11(17(19)20)14(12(10(13)16)18(21)22)30(24,27-7-3)28-8-4/h5-8H2,1-4H3. The minimum Gasteiger partial charge on any atom is -0.305 e. The van der Waals surface area contributed by atoms with E-state index in [0.717, 1.165) is 0 Å². The van der Waals surface area contributed by atoms with E-state index in [2.05, 4.69) is 31.9 Å². The third-order valence-corrected chi connectivity index (χ3v) is 9.91. The van der Waals surface area contributed by atoms with E-state index in [1.165, 1.54) is 27.7 Å². The molecular formula is C14H20Br2N2O10P2. The van der Waals surface area contributed by atoms with Crippen LogP contribution in [0.25, 0.3) is 0 Å². The monoisotopic (exact) mass is 596 g/mol. The molecule has 170 valence electrons. The summed E-state index contributed by atoms with van der Waals surface area (Å²) in [5.41, 5.74) is -1.99. The van der Waals surface area contributed by atoms with Gasteiger partial charge in [-0.05, 0) is 59.6 Å². The first-order chi connectivity index (χ1) is 14.0. The summed E-state index contributed by atoms with van der Waals surface area (Å²) >= 11 is 5.96. The Morgan fingerprint density at radius 3 is 1.20 bits per heavy atom. The Morgan fingerprint density at radius 2 is 0.967 bits per heavy atom. The highest BCUT2D eigenvalue weighted by Gasteiger charge is 2.50. The molecule has 0 aliphatic rings. The molecule has 1 aromatic rings. The van der Waals surface area contributed by atoms with Crippen LogP contribution in [0, 0.1) is 20.2 Å². The number of benzene rings is 1. The molecule has 0 N–H and O–H groups in total. The van der Waals surface area contributed by atoms with Gasteiger partial charge in [0.25, 0.3) is 0 Å². The Morgan fingerprint density at radius 1 is 0.700 bits per heavy atom. The zero-order valence-electron chi connectivity index (χ0n) is 16.5. The molecule has 0 fully saturated rings. The van der Waals surface area contributed by atoms with Crippen LogP contribution < -0.4 is 10.6 Å². The fourth-order valence-corrected chi connectivity index (χ4v) is 9.07. The molecule has 0 spiro atoms. The number of halogens is 2. The van der Waals surface area contributed by atoms with Gasteiger partial charge in [-0.1, -0.05) is 0 Å². The topological polar surface area (TPSA) is 157 Å². The second-order valence-corrected chi connectivity index (χ2v) is 10.7. The Labute approximate surface area is 189 Å². The van der Waals surface area contributed by atoms with Gasteiger partial charge in [0.05, 0.1) is 36.3 Å². The molecule has 0 unspecified atom stereocenters. The highest BCUT2D eigenvalue weighted by atomic mass is 79.9. The van der Waals surface area contributed by atoms with Gasteiger partial charge in [-0.3, -0.25) is 29.4 Å². The minimum atomic E-state index is -4.53. The second kappa shape index (κ2) is 11.2. The van der Waals surface area contributed by atoms with Crippen LogP contribution in [0.1, 0.15) is 27.7 Å². The lowest BCUT2D eigenvalue weighted by Crippen LogP contribution is -2.26. The van der Waals surface area contributed by atoms with Crippen LogP contribution in [-0.2, 0) is 27.2 Å². The first kappa shape index (κ1) is 27.3. The molecular weight excluding hydrogens is 578 g/mol. The molecule has 30 heavy (non-hydrogen) atoms. The van der Waals surface area contributed by atoms with E-state index in [4.69, 9.17) is 18.1 Å². The Kier molecular flexibility index (Phi) is 10.2. The summed E-state index contributed by atoms with van der Waals surface area (Å²) in [5, 5.41) is 22.5. The SMILES string of the molecule is CCOP(=O)(OCC)c1c(Br)c([N+](=O)[O-])c(P(=O)(OCC)OCC)c([N+](=O)[O-])c1Br. The number of nitrogens with zero attached hydrogens (tertiary/aromatic N) is 2. The van der Waals surface area contributed by atoms with Crippen molar-refractivity contribution in [3.63, 3.8) is 0 Å². The Hall–Kier alpha value is -0.720. The van der Waals surface area contributed by atoms with Gasteiger partial charge >= 0.3 is 26.6 Å². The van der Waals surface area contributed by atoms with E-state index in [9.17, 15) is 29.4 Å². The fourth-order valence-electron chi connectivity index (χ4n) is 2.49. The van der Waals surface area contributed by atoms with Gasteiger partial charge in [0, 0.05) is 0 Å². The molecule has 0 aliphatic carbocycles. The molecule has 1 aromatic carbocycles. The molecule has 1 rings (SSSR count). The van der Waals surface area contributed by atoms with Crippen molar-refractivity contribution < 1.29 is 37.1 Å². The molecule has 0 saturated heterocycles. The van der Waals surface area contributed by atoms with Crippen LogP contribution >= 0.6 is 47.1 Å². The predicted molar refractivity (Wildman–Crippen MR) is 116 cm³/mol. The predicted octanol–water partition coefficient (Wildman–Crippen LogP) is 4.81. The van der Waals surface area contributed by atoms with Gasteiger partial charge in [0.1, 0.15) is 14.2 Å². The van der Waals surface area contributed by atoms with Gasteiger partial charge < -0.3 is 18.1 Å². The highest BCUT2D eigenvalue weighted by molar-refractivity contribution is 9.11. The van der Waals surface area contributed by atoms with Crippen molar-refractivity contribution in [3.05, 3.63) is 29.2 Å². The zero-order valence-corrected chi connectivity index (χ0v) is 21.4. The largest absolute Gasteiger partial charge is 0.375 e. The number of nitro groups is 2. The first-order valence-electron chi connectivity index (χ1n) is 8.58. The van der Waals surface area contributed by atoms with Crippen LogP contribution in [0.2, 0.25) is 0 Å². The lowest BCUT2D eigenvalue weighted by atomic mass is 10.3. The van der Waals surface area contributed by atoms with Crippen molar-refractivity contribution in [1.29, 1.82) is 0 Å². The summed E-state index contributed by atoms with van der Waals surface area (Å²) in [6, 6.07) is 0. The zero-order chi connectivity index (χ0) is 23.3. The highest BCUT2D eigenvalue weighted by Crippen LogP contribution is 2.58. The molecule has 0 radical (unpaired) electrons. The number of rotatable bonds is 12. The maximum atomic E-state index is 13.4. The van der Waals surface area contributed by atoms with Crippen molar-refractivity contribution in [1.82, 2.24) is 0 Å². The maximum absolute atomic E-state index is 13.4. The minimum absolute atomic E-state index is 0.115. The van der Waals surface area contributed by atoms with Crippen molar-refractivity contribution >= 4 is 69.0 Å².